The molecule has 0 unspecified atom stereocenters. The monoisotopic (exact) mass is 508 g/mol. The van der Waals surface area contributed by atoms with Crippen LogP contribution in [0.4, 0.5) is 0 Å². The van der Waals surface area contributed by atoms with Crippen LogP contribution in [0.25, 0.3) is 0 Å². The summed E-state index contributed by atoms with van der Waals surface area (Å²) in [5.74, 6) is 0.188. The van der Waals surface area contributed by atoms with Gasteiger partial charge in [0, 0.05) is 16.7 Å². The highest BCUT2D eigenvalue weighted by Crippen LogP contribution is 2.73. The van der Waals surface area contributed by atoms with Crippen molar-refractivity contribution in [3.63, 3.8) is 0 Å². The SMILES string of the molecule is COC(=O)[C@]1(C)C=C2C3=CC(=O)[C@@H]4[C@@]5(C)C=C(OC)C(=O)C(C)(C)[C@@H]5CC[C@@]4(C)[C@]3(C)CC[C@@]2(C)CC1. The molecule has 37 heavy (non-hydrogen) atoms. The van der Waals surface area contributed by atoms with Crippen molar-refractivity contribution in [2.75, 3.05) is 14.2 Å². The second kappa shape index (κ2) is 7.70. The van der Waals surface area contributed by atoms with Gasteiger partial charge in [-0.1, -0.05) is 47.6 Å². The zero-order chi connectivity index (χ0) is 27.4. The second-order valence-corrected chi connectivity index (χ2v) is 14.4. The number of allylic oxidation sites excluding steroid dienone is 5. The van der Waals surface area contributed by atoms with Crippen LogP contribution in [0, 0.1) is 44.3 Å². The van der Waals surface area contributed by atoms with Gasteiger partial charge in [0.1, 0.15) is 0 Å². The molecule has 0 bridgehead atoms. The number of carbonyl (C=O) groups excluding carboxylic acids is 3. The van der Waals surface area contributed by atoms with Crippen LogP contribution in [0.3, 0.4) is 0 Å². The van der Waals surface area contributed by atoms with Crippen molar-refractivity contribution in [2.24, 2.45) is 44.3 Å². The lowest BCUT2D eigenvalue weighted by Gasteiger charge is -2.67. The zero-order valence-corrected chi connectivity index (χ0v) is 24.2. The molecule has 5 rings (SSSR count). The highest BCUT2D eigenvalue weighted by Gasteiger charge is 2.69. The van der Waals surface area contributed by atoms with Gasteiger partial charge in [0.05, 0.1) is 19.6 Å². The topological polar surface area (TPSA) is 69.7 Å². The Bertz CT molecular complexity index is 1190. The highest BCUT2D eigenvalue weighted by atomic mass is 16.5. The summed E-state index contributed by atoms with van der Waals surface area (Å²) in [6, 6.07) is 0. The van der Waals surface area contributed by atoms with Gasteiger partial charge in [-0.15, -0.1) is 0 Å². The van der Waals surface area contributed by atoms with E-state index >= 15 is 0 Å². The number of rotatable bonds is 2. The Balaban J connectivity index is 1.71. The van der Waals surface area contributed by atoms with Gasteiger partial charge in [0.15, 0.2) is 11.5 Å². The van der Waals surface area contributed by atoms with Crippen LogP contribution in [0.1, 0.15) is 87.0 Å². The predicted molar refractivity (Wildman–Crippen MR) is 142 cm³/mol. The lowest BCUT2D eigenvalue weighted by atomic mass is 9.35. The molecule has 5 nitrogen and oxygen atoms in total. The average molecular weight is 509 g/mol. The zero-order valence-electron chi connectivity index (χ0n) is 24.2. The first-order valence-electron chi connectivity index (χ1n) is 13.9. The van der Waals surface area contributed by atoms with Gasteiger partial charge in [-0.05, 0) is 90.9 Å². The van der Waals surface area contributed by atoms with E-state index in [1.165, 1.54) is 12.7 Å². The van der Waals surface area contributed by atoms with Crippen LogP contribution in [0.5, 0.6) is 0 Å². The predicted octanol–water partition coefficient (Wildman–Crippen LogP) is 6.38. The molecule has 5 aliphatic rings. The quantitative estimate of drug-likeness (QED) is 0.405. The van der Waals surface area contributed by atoms with Gasteiger partial charge < -0.3 is 9.47 Å². The third-order valence-corrected chi connectivity index (χ3v) is 12.2. The van der Waals surface area contributed by atoms with Gasteiger partial charge in [-0.25, -0.2) is 0 Å². The van der Waals surface area contributed by atoms with Crippen molar-refractivity contribution in [3.8, 4) is 0 Å². The second-order valence-electron chi connectivity index (χ2n) is 14.4. The first kappa shape index (κ1) is 26.4. The van der Waals surface area contributed by atoms with Crippen molar-refractivity contribution < 1.29 is 23.9 Å². The van der Waals surface area contributed by atoms with Gasteiger partial charge >= 0.3 is 5.97 Å². The smallest absolute Gasteiger partial charge is 0.315 e. The molecule has 202 valence electrons. The van der Waals surface area contributed by atoms with E-state index in [0.29, 0.717) is 5.76 Å². The van der Waals surface area contributed by atoms with Crippen LogP contribution < -0.4 is 0 Å². The van der Waals surface area contributed by atoms with Crippen LogP contribution in [-0.4, -0.2) is 31.8 Å². The molecule has 2 fully saturated rings. The van der Waals surface area contributed by atoms with E-state index in [1.54, 1.807) is 7.11 Å². The van der Waals surface area contributed by atoms with Crippen LogP contribution in [0.2, 0.25) is 0 Å². The van der Waals surface area contributed by atoms with Gasteiger partial charge in [-0.3, -0.25) is 14.4 Å². The Kier molecular flexibility index (Phi) is 5.50. The molecule has 0 radical (unpaired) electrons. The Morgan fingerprint density at radius 1 is 0.865 bits per heavy atom. The Morgan fingerprint density at radius 2 is 1.51 bits per heavy atom. The van der Waals surface area contributed by atoms with E-state index in [1.807, 2.05) is 32.9 Å². The number of ketones is 2. The summed E-state index contributed by atoms with van der Waals surface area (Å²) in [7, 11) is 3.01. The summed E-state index contributed by atoms with van der Waals surface area (Å²) in [5, 5.41) is 0. The molecule has 0 aromatic heterocycles. The molecular weight excluding hydrogens is 464 g/mol. The molecule has 7 atom stereocenters. The summed E-state index contributed by atoms with van der Waals surface area (Å²) in [6.45, 7) is 15.2. The van der Waals surface area contributed by atoms with Crippen molar-refractivity contribution in [3.05, 3.63) is 35.1 Å². The van der Waals surface area contributed by atoms with Crippen molar-refractivity contribution >= 4 is 17.5 Å². The third kappa shape index (κ3) is 3.12. The molecule has 5 heteroatoms. The lowest BCUT2D eigenvalue weighted by Crippen LogP contribution is -2.64. The Morgan fingerprint density at radius 3 is 2.14 bits per heavy atom. The highest BCUT2D eigenvalue weighted by molar-refractivity contribution is 6.01. The molecule has 5 aliphatic carbocycles. The molecule has 0 N–H and O–H groups in total. The number of hydrogen-bond donors (Lipinski definition) is 0. The van der Waals surface area contributed by atoms with E-state index in [-0.39, 0.29) is 45.6 Å². The Hall–Kier alpha value is -2.17. The molecular formula is C32H44O5. The maximum Gasteiger partial charge on any atom is 0.315 e. The fourth-order valence-corrected chi connectivity index (χ4v) is 9.61. The van der Waals surface area contributed by atoms with E-state index in [2.05, 4.69) is 33.8 Å². The standard InChI is InChI=1S/C32H44O5/c1-27(2)23-10-11-32(7)24(30(23,5)18-22(36-8)25(27)34)21(33)16-19-20-17-29(4,26(35)37-9)13-12-28(20,3)14-15-31(19,32)6/h16-18,23-24H,10-15H2,1-9H3/t23-,24+,28+,29-,30-,31+,32+/m0/s1. The Labute approximate surface area is 222 Å². The fraction of sp³-hybridized carbons (Fsp3) is 0.719. The maximum atomic E-state index is 14.4. The van der Waals surface area contributed by atoms with Gasteiger partial charge in [0.2, 0.25) is 5.78 Å². The molecule has 0 heterocycles. The molecule has 0 aliphatic heterocycles. The van der Waals surface area contributed by atoms with E-state index in [0.717, 1.165) is 44.1 Å². The van der Waals surface area contributed by atoms with Crippen molar-refractivity contribution in [1.29, 1.82) is 0 Å². The normalized spacial score (nSPS) is 46.2. The number of hydrogen-bond acceptors (Lipinski definition) is 5. The number of esters is 1. The maximum absolute atomic E-state index is 14.4. The minimum atomic E-state index is -0.684. The lowest BCUT2D eigenvalue weighted by molar-refractivity contribution is -0.166. The molecule has 0 aromatic carbocycles. The number of methoxy groups -OCH3 is 2. The summed E-state index contributed by atoms with van der Waals surface area (Å²) < 4.78 is 10.8. The number of fused-ring (bicyclic) bond motifs is 7. The van der Waals surface area contributed by atoms with Crippen molar-refractivity contribution in [1.82, 2.24) is 0 Å². The van der Waals surface area contributed by atoms with Crippen molar-refractivity contribution in [2.45, 2.75) is 87.0 Å². The first-order valence-corrected chi connectivity index (χ1v) is 13.9. The first-order chi connectivity index (χ1) is 17.0. The molecule has 0 aromatic rings. The van der Waals surface area contributed by atoms with Crippen LogP contribution in [-0.2, 0) is 23.9 Å². The number of carbonyl (C=O) groups is 3. The molecule has 0 saturated heterocycles. The van der Waals surface area contributed by atoms with E-state index in [9.17, 15) is 14.4 Å². The van der Waals surface area contributed by atoms with Crippen LogP contribution >= 0.6 is 0 Å². The molecule has 2 saturated carbocycles. The minimum absolute atomic E-state index is 0.0367. The van der Waals surface area contributed by atoms with E-state index in [4.69, 9.17) is 9.47 Å². The largest absolute Gasteiger partial charge is 0.493 e. The fourth-order valence-electron chi connectivity index (χ4n) is 9.61. The summed E-state index contributed by atoms with van der Waals surface area (Å²) >= 11 is 0. The minimum Gasteiger partial charge on any atom is -0.493 e. The molecule has 0 amide bonds. The number of ether oxygens (including phenoxy) is 2. The van der Waals surface area contributed by atoms with Crippen LogP contribution in [0.15, 0.2) is 35.1 Å². The van der Waals surface area contributed by atoms with Gasteiger partial charge in [0.25, 0.3) is 0 Å². The molecule has 0 spiro atoms. The average Bonchev–Trinajstić information content (AvgIpc) is 2.83. The summed E-state index contributed by atoms with van der Waals surface area (Å²) in [6.07, 6.45) is 11.5. The van der Waals surface area contributed by atoms with Gasteiger partial charge in [-0.2, -0.15) is 0 Å². The van der Waals surface area contributed by atoms with E-state index < -0.39 is 16.2 Å². The number of Topliss-reactive ketones (excluding diaryl/α,β-unsaturated/α-hetero) is 1. The third-order valence-electron chi connectivity index (χ3n) is 12.2. The summed E-state index contributed by atoms with van der Waals surface area (Å²) in [5.41, 5.74) is -0.0146. The summed E-state index contributed by atoms with van der Waals surface area (Å²) in [4.78, 5) is 40.5.